The molecule has 1 heterocycles. The maximum Gasteiger partial charge on any atom is 0.416 e. The fraction of sp³-hybridized carbons (Fsp3) is 0.269. The van der Waals surface area contributed by atoms with Crippen molar-refractivity contribution in [1.29, 1.82) is 0 Å². The van der Waals surface area contributed by atoms with Crippen LogP contribution in [0.25, 0.3) is 11.1 Å². The van der Waals surface area contributed by atoms with Gasteiger partial charge in [0.25, 0.3) is 0 Å². The summed E-state index contributed by atoms with van der Waals surface area (Å²) in [7, 11) is 0. The second kappa shape index (κ2) is 9.07. The molecule has 0 spiro atoms. The summed E-state index contributed by atoms with van der Waals surface area (Å²) in [5.41, 5.74) is 2.19. The number of carbonyl (C=O) groups is 1. The molecule has 3 aromatic carbocycles. The molecule has 1 aliphatic rings. The number of hydrogen-bond donors (Lipinski definition) is 0. The fourth-order valence-corrected chi connectivity index (χ4v) is 4.03. The highest BCUT2D eigenvalue weighted by molar-refractivity contribution is 5.97. The van der Waals surface area contributed by atoms with Gasteiger partial charge in [-0.1, -0.05) is 42.5 Å². The normalized spacial score (nSPS) is 15.6. The summed E-state index contributed by atoms with van der Waals surface area (Å²) in [5.74, 6) is 0.302. The van der Waals surface area contributed by atoms with Crippen LogP contribution in [0.15, 0.2) is 66.7 Å². The first-order valence-electron chi connectivity index (χ1n) is 10.5. The van der Waals surface area contributed by atoms with E-state index in [1.165, 1.54) is 11.6 Å². The first kappa shape index (κ1) is 21.9. The van der Waals surface area contributed by atoms with Gasteiger partial charge >= 0.3 is 12.1 Å². The van der Waals surface area contributed by atoms with Gasteiger partial charge in [0.1, 0.15) is 5.75 Å². The summed E-state index contributed by atoms with van der Waals surface area (Å²) < 4.78 is 51.0. The standard InChI is InChI=1S/C26H23F3O3/c1-2-31-25(30)22-11-10-21(26(27,28)29)15-23(22)19-8-9-20-13-18(16-32-24(20)14-19)12-17-6-4-3-5-7-17/h3-11,14-15,18H,2,12-13,16H2,1H3. The second-order valence-electron chi connectivity index (χ2n) is 7.87. The smallest absolute Gasteiger partial charge is 0.416 e. The van der Waals surface area contributed by atoms with E-state index in [-0.39, 0.29) is 17.7 Å². The lowest BCUT2D eigenvalue weighted by Crippen LogP contribution is -2.22. The summed E-state index contributed by atoms with van der Waals surface area (Å²) in [6.07, 6.45) is -2.81. The molecule has 0 fully saturated rings. The van der Waals surface area contributed by atoms with Crippen molar-refractivity contribution in [3.05, 3.63) is 89.0 Å². The largest absolute Gasteiger partial charge is 0.493 e. The van der Waals surface area contributed by atoms with Gasteiger partial charge in [0.15, 0.2) is 0 Å². The Morgan fingerprint density at radius 2 is 1.84 bits per heavy atom. The minimum absolute atomic E-state index is 0.0950. The molecule has 0 aromatic heterocycles. The molecule has 0 saturated carbocycles. The zero-order valence-electron chi connectivity index (χ0n) is 17.6. The summed E-state index contributed by atoms with van der Waals surface area (Å²) in [6.45, 7) is 2.31. The minimum atomic E-state index is -4.52. The van der Waals surface area contributed by atoms with Gasteiger partial charge in [-0.05, 0) is 66.3 Å². The van der Waals surface area contributed by atoms with E-state index < -0.39 is 17.7 Å². The Balaban J connectivity index is 1.64. The molecule has 0 radical (unpaired) electrons. The zero-order valence-corrected chi connectivity index (χ0v) is 17.6. The predicted molar refractivity (Wildman–Crippen MR) is 116 cm³/mol. The van der Waals surface area contributed by atoms with Crippen molar-refractivity contribution in [2.75, 3.05) is 13.2 Å². The molecule has 1 atom stereocenters. The summed E-state index contributed by atoms with van der Waals surface area (Å²) in [4.78, 5) is 12.4. The van der Waals surface area contributed by atoms with E-state index in [0.29, 0.717) is 23.8 Å². The minimum Gasteiger partial charge on any atom is -0.493 e. The fourth-order valence-electron chi connectivity index (χ4n) is 4.03. The molecular formula is C26H23F3O3. The van der Waals surface area contributed by atoms with Crippen molar-refractivity contribution in [3.63, 3.8) is 0 Å². The SMILES string of the molecule is CCOC(=O)c1ccc(C(F)(F)F)cc1-c1ccc2c(c1)OCC(Cc1ccccc1)C2. The molecule has 0 saturated heterocycles. The molecule has 0 amide bonds. The van der Waals surface area contributed by atoms with E-state index in [1.54, 1.807) is 19.1 Å². The molecule has 1 aliphatic heterocycles. The summed E-state index contributed by atoms with van der Waals surface area (Å²) in [6, 6.07) is 18.6. The Hall–Kier alpha value is -3.28. The van der Waals surface area contributed by atoms with Gasteiger partial charge in [0, 0.05) is 5.92 Å². The van der Waals surface area contributed by atoms with Crippen molar-refractivity contribution < 1.29 is 27.4 Å². The maximum atomic E-state index is 13.3. The Labute approximate surface area is 184 Å². The monoisotopic (exact) mass is 440 g/mol. The van der Waals surface area contributed by atoms with Crippen LogP contribution in [0, 0.1) is 5.92 Å². The lowest BCUT2D eigenvalue weighted by atomic mass is 9.89. The quantitative estimate of drug-likeness (QED) is 0.434. The van der Waals surface area contributed by atoms with Gasteiger partial charge < -0.3 is 9.47 Å². The number of esters is 1. The Morgan fingerprint density at radius 3 is 2.56 bits per heavy atom. The third-order valence-corrected chi connectivity index (χ3v) is 5.57. The van der Waals surface area contributed by atoms with Crippen molar-refractivity contribution in [2.24, 2.45) is 5.92 Å². The van der Waals surface area contributed by atoms with Gasteiger partial charge in [-0.3, -0.25) is 0 Å². The molecule has 3 aromatic rings. The van der Waals surface area contributed by atoms with Crippen LogP contribution in [0.5, 0.6) is 5.75 Å². The highest BCUT2D eigenvalue weighted by Crippen LogP contribution is 2.37. The van der Waals surface area contributed by atoms with Crippen LogP contribution in [0.2, 0.25) is 0 Å². The first-order chi connectivity index (χ1) is 15.3. The van der Waals surface area contributed by atoms with Crippen LogP contribution >= 0.6 is 0 Å². The van der Waals surface area contributed by atoms with Crippen molar-refractivity contribution in [3.8, 4) is 16.9 Å². The van der Waals surface area contributed by atoms with Crippen LogP contribution < -0.4 is 4.74 Å². The Bertz CT molecular complexity index is 1110. The van der Waals surface area contributed by atoms with Gasteiger partial charge in [-0.2, -0.15) is 13.2 Å². The number of hydrogen-bond acceptors (Lipinski definition) is 3. The van der Waals surface area contributed by atoms with E-state index in [4.69, 9.17) is 9.47 Å². The third kappa shape index (κ3) is 4.79. The number of ether oxygens (including phenoxy) is 2. The molecule has 3 nitrogen and oxygen atoms in total. The molecule has 32 heavy (non-hydrogen) atoms. The molecule has 4 rings (SSSR count). The number of alkyl halides is 3. The predicted octanol–water partition coefficient (Wildman–Crippen LogP) is 6.34. The number of rotatable bonds is 5. The molecule has 1 unspecified atom stereocenters. The van der Waals surface area contributed by atoms with Crippen LogP contribution in [-0.4, -0.2) is 19.2 Å². The number of halogens is 3. The zero-order chi connectivity index (χ0) is 22.7. The van der Waals surface area contributed by atoms with Crippen LogP contribution in [0.3, 0.4) is 0 Å². The van der Waals surface area contributed by atoms with Crippen molar-refractivity contribution in [2.45, 2.75) is 25.9 Å². The van der Waals surface area contributed by atoms with Gasteiger partial charge in [0.2, 0.25) is 0 Å². The van der Waals surface area contributed by atoms with E-state index in [1.807, 2.05) is 24.3 Å². The van der Waals surface area contributed by atoms with E-state index in [2.05, 4.69) is 12.1 Å². The second-order valence-corrected chi connectivity index (χ2v) is 7.87. The molecule has 0 bridgehead atoms. The maximum absolute atomic E-state index is 13.3. The molecule has 0 N–H and O–H groups in total. The highest BCUT2D eigenvalue weighted by atomic mass is 19.4. The van der Waals surface area contributed by atoms with E-state index in [9.17, 15) is 18.0 Å². The third-order valence-electron chi connectivity index (χ3n) is 5.57. The number of fused-ring (bicyclic) bond motifs is 1. The topological polar surface area (TPSA) is 35.5 Å². The lowest BCUT2D eigenvalue weighted by Gasteiger charge is -2.26. The first-order valence-corrected chi connectivity index (χ1v) is 10.5. The average molecular weight is 440 g/mol. The molecule has 166 valence electrons. The van der Waals surface area contributed by atoms with Crippen LogP contribution in [0.4, 0.5) is 13.2 Å². The molecule has 6 heteroatoms. The molecular weight excluding hydrogens is 417 g/mol. The van der Waals surface area contributed by atoms with Gasteiger partial charge in [-0.15, -0.1) is 0 Å². The van der Waals surface area contributed by atoms with Crippen molar-refractivity contribution in [1.82, 2.24) is 0 Å². The number of carbonyl (C=O) groups excluding carboxylic acids is 1. The number of benzene rings is 3. The highest BCUT2D eigenvalue weighted by Gasteiger charge is 2.32. The van der Waals surface area contributed by atoms with Crippen LogP contribution in [-0.2, 0) is 23.8 Å². The Kier molecular flexibility index (Phi) is 6.21. The van der Waals surface area contributed by atoms with Gasteiger partial charge in [0.05, 0.1) is 24.3 Å². The summed E-state index contributed by atoms with van der Waals surface area (Å²) >= 11 is 0. The average Bonchev–Trinajstić information content (AvgIpc) is 2.78. The van der Waals surface area contributed by atoms with E-state index >= 15 is 0 Å². The van der Waals surface area contributed by atoms with E-state index in [0.717, 1.165) is 30.5 Å². The van der Waals surface area contributed by atoms with Crippen molar-refractivity contribution >= 4 is 5.97 Å². The summed E-state index contributed by atoms with van der Waals surface area (Å²) in [5, 5.41) is 0. The molecule has 0 aliphatic carbocycles. The lowest BCUT2D eigenvalue weighted by molar-refractivity contribution is -0.137. The van der Waals surface area contributed by atoms with Crippen LogP contribution in [0.1, 0.15) is 34.0 Å². The van der Waals surface area contributed by atoms with Gasteiger partial charge in [-0.25, -0.2) is 4.79 Å². The Morgan fingerprint density at radius 1 is 1.06 bits per heavy atom.